The van der Waals surface area contributed by atoms with Gasteiger partial charge in [-0.2, -0.15) is 0 Å². The number of amides is 2. The molecule has 1 aromatic heterocycles. The Balaban J connectivity index is 1.61. The molecular formula is C16H18N2O4. The Kier molecular flexibility index (Phi) is 3.85. The van der Waals surface area contributed by atoms with E-state index in [0.29, 0.717) is 5.75 Å². The molecule has 3 rings (SSSR count). The van der Waals surface area contributed by atoms with E-state index in [9.17, 15) is 14.7 Å². The number of aliphatic hydroxyl groups excluding tert-OH is 1. The van der Waals surface area contributed by atoms with Gasteiger partial charge in [-0.15, -0.1) is 0 Å². The molecule has 1 saturated heterocycles. The Labute approximate surface area is 127 Å². The maximum Gasteiger partial charge on any atom is 0.232 e. The van der Waals surface area contributed by atoms with Crippen molar-refractivity contribution in [1.29, 1.82) is 0 Å². The highest BCUT2D eigenvalue weighted by atomic mass is 16.5. The van der Waals surface area contributed by atoms with E-state index in [-0.39, 0.29) is 37.3 Å². The van der Waals surface area contributed by atoms with Crippen LogP contribution in [-0.2, 0) is 9.59 Å². The van der Waals surface area contributed by atoms with E-state index >= 15 is 0 Å². The van der Waals surface area contributed by atoms with Crippen LogP contribution in [0.2, 0.25) is 0 Å². The average molecular weight is 302 g/mol. The lowest BCUT2D eigenvalue weighted by molar-refractivity contribution is -0.141. The Morgan fingerprint density at radius 3 is 2.95 bits per heavy atom. The summed E-state index contributed by atoms with van der Waals surface area (Å²) in [5, 5.41) is 11.0. The van der Waals surface area contributed by atoms with Gasteiger partial charge in [0.1, 0.15) is 18.5 Å². The molecule has 2 heterocycles. The number of carbonyl (C=O) groups is 2. The molecule has 1 aromatic carbocycles. The molecule has 0 saturated carbocycles. The predicted molar refractivity (Wildman–Crippen MR) is 80.3 cm³/mol. The predicted octanol–water partition coefficient (Wildman–Crippen LogP) is 1.30. The van der Waals surface area contributed by atoms with E-state index in [2.05, 4.69) is 4.98 Å². The summed E-state index contributed by atoms with van der Waals surface area (Å²) in [6, 6.07) is 7.50. The van der Waals surface area contributed by atoms with Crippen LogP contribution in [0, 0.1) is 5.92 Å². The fourth-order valence-electron chi connectivity index (χ4n) is 2.67. The summed E-state index contributed by atoms with van der Waals surface area (Å²) >= 11 is 0. The van der Waals surface area contributed by atoms with Crippen LogP contribution in [0.3, 0.4) is 0 Å². The number of fused-ring (bicyclic) bond motifs is 1. The molecule has 6 heteroatoms. The normalized spacial score (nSPS) is 19.9. The number of benzene rings is 1. The second kappa shape index (κ2) is 5.81. The molecule has 2 atom stereocenters. The fraction of sp³-hybridized carbons (Fsp3) is 0.375. The number of hydrogen-bond acceptors (Lipinski definition) is 4. The maximum atomic E-state index is 11.8. The first kappa shape index (κ1) is 14.6. The maximum absolute atomic E-state index is 11.8. The van der Waals surface area contributed by atoms with Gasteiger partial charge < -0.3 is 14.8 Å². The number of carbonyl (C=O) groups excluding carboxylic acids is 2. The second-order valence-corrected chi connectivity index (χ2v) is 5.61. The summed E-state index contributed by atoms with van der Waals surface area (Å²) in [7, 11) is 0. The number of aromatic nitrogens is 1. The molecule has 2 N–H and O–H groups in total. The third-order valence-corrected chi connectivity index (χ3v) is 3.85. The highest BCUT2D eigenvalue weighted by Crippen LogP contribution is 2.25. The number of nitrogens with one attached hydrogen (secondary N) is 1. The van der Waals surface area contributed by atoms with Crippen LogP contribution in [0.5, 0.6) is 5.75 Å². The number of likely N-dealkylation sites (tertiary alicyclic amines) is 1. The van der Waals surface area contributed by atoms with E-state index in [1.54, 1.807) is 6.92 Å². The highest BCUT2D eigenvalue weighted by molar-refractivity contribution is 6.03. The fourth-order valence-corrected chi connectivity index (χ4v) is 2.67. The summed E-state index contributed by atoms with van der Waals surface area (Å²) in [5.41, 5.74) is 0.950. The Bertz CT molecular complexity index is 709. The van der Waals surface area contributed by atoms with Crippen molar-refractivity contribution in [2.45, 2.75) is 19.4 Å². The molecule has 22 heavy (non-hydrogen) atoms. The van der Waals surface area contributed by atoms with Crippen LogP contribution in [0.4, 0.5) is 0 Å². The van der Waals surface area contributed by atoms with Crippen LogP contribution in [0.25, 0.3) is 10.9 Å². The van der Waals surface area contributed by atoms with Crippen molar-refractivity contribution in [3.8, 4) is 5.75 Å². The van der Waals surface area contributed by atoms with Gasteiger partial charge in [0.05, 0.1) is 6.54 Å². The number of hydrogen-bond donors (Lipinski definition) is 2. The molecule has 1 aliphatic rings. The first-order chi connectivity index (χ1) is 10.6. The zero-order valence-corrected chi connectivity index (χ0v) is 12.3. The van der Waals surface area contributed by atoms with Crippen LogP contribution < -0.4 is 4.74 Å². The van der Waals surface area contributed by atoms with E-state index < -0.39 is 6.10 Å². The zero-order valence-electron chi connectivity index (χ0n) is 12.3. The van der Waals surface area contributed by atoms with Gasteiger partial charge in [0, 0.05) is 29.4 Å². The number of β-amino-alcohol motifs (C(OH)–C–C–N with tert-alkyl or cyclic N) is 1. The van der Waals surface area contributed by atoms with Crippen LogP contribution in [-0.4, -0.2) is 46.1 Å². The number of aromatic amines is 1. The first-order valence-electron chi connectivity index (χ1n) is 7.27. The summed E-state index contributed by atoms with van der Waals surface area (Å²) in [5.74, 6) is -0.0967. The molecule has 2 aromatic rings. The molecular weight excluding hydrogens is 284 g/mol. The van der Waals surface area contributed by atoms with Crippen LogP contribution >= 0.6 is 0 Å². The third-order valence-electron chi connectivity index (χ3n) is 3.85. The standard InChI is InChI=1S/C16H18N2O4/c1-10-7-15(20)18(16(10)21)8-11(19)9-22-14-4-2-3-13-12(14)5-6-17-13/h2-6,10-11,17,19H,7-9H2,1H3/t10-,11-/m1/s1. The smallest absolute Gasteiger partial charge is 0.232 e. The minimum Gasteiger partial charge on any atom is -0.490 e. The lowest BCUT2D eigenvalue weighted by Crippen LogP contribution is -2.39. The van der Waals surface area contributed by atoms with Crippen molar-refractivity contribution in [3.63, 3.8) is 0 Å². The van der Waals surface area contributed by atoms with Gasteiger partial charge in [-0.05, 0) is 18.2 Å². The van der Waals surface area contributed by atoms with Crippen molar-refractivity contribution < 1.29 is 19.4 Å². The molecule has 0 unspecified atom stereocenters. The molecule has 0 spiro atoms. The topological polar surface area (TPSA) is 82.6 Å². The average Bonchev–Trinajstić information content (AvgIpc) is 3.06. The minimum atomic E-state index is -0.910. The third kappa shape index (κ3) is 2.69. The van der Waals surface area contributed by atoms with Gasteiger partial charge in [-0.25, -0.2) is 0 Å². The molecule has 6 nitrogen and oxygen atoms in total. The second-order valence-electron chi connectivity index (χ2n) is 5.61. The Hall–Kier alpha value is -2.34. The number of H-pyrrole nitrogens is 1. The van der Waals surface area contributed by atoms with Crippen LogP contribution in [0.15, 0.2) is 30.5 Å². The van der Waals surface area contributed by atoms with E-state index in [0.717, 1.165) is 15.8 Å². The van der Waals surface area contributed by atoms with Gasteiger partial charge in [0.15, 0.2) is 0 Å². The van der Waals surface area contributed by atoms with E-state index in [4.69, 9.17) is 4.74 Å². The van der Waals surface area contributed by atoms with Crippen molar-refractivity contribution in [2.24, 2.45) is 5.92 Å². The van der Waals surface area contributed by atoms with Crippen molar-refractivity contribution in [3.05, 3.63) is 30.5 Å². The zero-order chi connectivity index (χ0) is 15.7. The highest BCUT2D eigenvalue weighted by Gasteiger charge is 2.36. The van der Waals surface area contributed by atoms with E-state index in [1.165, 1.54) is 0 Å². The van der Waals surface area contributed by atoms with Crippen molar-refractivity contribution in [1.82, 2.24) is 9.88 Å². The number of rotatable bonds is 5. The van der Waals surface area contributed by atoms with Gasteiger partial charge in [0.25, 0.3) is 0 Å². The molecule has 0 bridgehead atoms. The number of aliphatic hydroxyl groups is 1. The summed E-state index contributed by atoms with van der Waals surface area (Å²) < 4.78 is 5.63. The van der Waals surface area contributed by atoms with Crippen molar-refractivity contribution >= 4 is 22.7 Å². The Morgan fingerprint density at radius 1 is 1.41 bits per heavy atom. The van der Waals surface area contributed by atoms with Gasteiger partial charge in [0.2, 0.25) is 11.8 Å². The number of ether oxygens (including phenoxy) is 1. The molecule has 2 amide bonds. The lowest BCUT2D eigenvalue weighted by Gasteiger charge is -2.19. The van der Waals surface area contributed by atoms with Gasteiger partial charge in [-0.3, -0.25) is 14.5 Å². The van der Waals surface area contributed by atoms with Gasteiger partial charge >= 0.3 is 0 Å². The quantitative estimate of drug-likeness (QED) is 0.816. The minimum absolute atomic E-state index is 0.0227. The SMILES string of the molecule is C[C@@H]1CC(=O)N(C[C@@H](O)COc2cccc3[nH]ccc23)C1=O. The summed E-state index contributed by atoms with van der Waals surface area (Å²) in [4.78, 5) is 27.7. The lowest BCUT2D eigenvalue weighted by atomic mass is 10.1. The largest absolute Gasteiger partial charge is 0.490 e. The molecule has 116 valence electrons. The first-order valence-corrected chi connectivity index (χ1v) is 7.27. The molecule has 1 aliphatic heterocycles. The number of imide groups is 1. The van der Waals surface area contributed by atoms with Crippen LogP contribution in [0.1, 0.15) is 13.3 Å². The van der Waals surface area contributed by atoms with Gasteiger partial charge in [-0.1, -0.05) is 13.0 Å². The number of nitrogens with zero attached hydrogens (tertiary/aromatic N) is 1. The molecule has 0 radical (unpaired) electrons. The summed E-state index contributed by atoms with van der Waals surface area (Å²) in [6.07, 6.45) is 1.12. The monoisotopic (exact) mass is 302 g/mol. The Morgan fingerprint density at radius 2 is 2.23 bits per heavy atom. The summed E-state index contributed by atoms with van der Waals surface area (Å²) in [6.45, 7) is 1.72. The molecule has 0 aliphatic carbocycles. The van der Waals surface area contributed by atoms with E-state index in [1.807, 2.05) is 30.5 Å². The molecule has 1 fully saturated rings. The van der Waals surface area contributed by atoms with Crippen molar-refractivity contribution in [2.75, 3.05) is 13.2 Å².